The van der Waals surface area contributed by atoms with E-state index in [0.717, 1.165) is 39.7 Å². The van der Waals surface area contributed by atoms with Gasteiger partial charge >= 0.3 is 0 Å². The molecule has 2 N–H and O–H groups in total. The van der Waals surface area contributed by atoms with Gasteiger partial charge in [0.25, 0.3) is 5.91 Å². The smallest absolute Gasteiger partial charge is 0.257 e. The largest absolute Gasteiger partial charge is 0.323 e. The van der Waals surface area contributed by atoms with Crippen LogP contribution < -0.4 is 10.6 Å². The molecule has 0 spiro atoms. The van der Waals surface area contributed by atoms with Gasteiger partial charge in [0, 0.05) is 16.1 Å². The summed E-state index contributed by atoms with van der Waals surface area (Å²) < 4.78 is 27.7. The lowest BCUT2D eigenvalue weighted by Crippen LogP contribution is -2.15. The van der Waals surface area contributed by atoms with E-state index in [1.807, 2.05) is 0 Å². The van der Waals surface area contributed by atoms with E-state index in [0.29, 0.717) is 21.1 Å². The summed E-state index contributed by atoms with van der Waals surface area (Å²) in [6, 6.07) is 9.71. The molecular formula is C17H11BrF2N4O2S2. The Hall–Kier alpha value is -2.37. The summed E-state index contributed by atoms with van der Waals surface area (Å²) in [4.78, 5) is 24.0. The first-order valence-corrected chi connectivity index (χ1v) is 10.3. The van der Waals surface area contributed by atoms with E-state index in [9.17, 15) is 18.4 Å². The Morgan fingerprint density at radius 2 is 1.82 bits per heavy atom. The molecule has 1 heterocycles. The van der Waals surface area contributed by atoms with Gasteiger partial charge in [0.1, 0.15) is 11.6 Å². The minimum atomic E-state index is -0.854. The Morgan fingerprint density at radius 3 is 2.54 bits per heavy atom. The Labute approximate surface area is 174 Å². The lowest BCUT2D eigenvalue weighted by Gasteiger charge is -2.05. The summed E-state index contributed by atoms with van der Waals surface area (Å²) in [5.41, 5.74) is 0.361. The molecule has 0 bridgehead atoms. The fraction of sp³-hybridized carbons (Fsp3) is 0.0588. The summed E-state index contributed by atoms with van der Waals surface area (Å²) in [6.07, 6.45) is 0. The first-order chi connectivity index (χ1) is 13.4. The van der Waals surface area contributed by atoms with Crippen molar-refractivity contribution >= 4 is 61.7 Å². The molecule has 0 unspecified atom stereocenters. The number of rotatable bonds is 6. The number of amides is 2. The van der Waals surface area contributed by atoms with E-state index < -0.39 is 17.5 Å². The third kappa shape index (κ3) is 5.57. The molecular weight excluding hydrogens is 474 g/mol. The van der Waals surface area contributed by atoms with Gasteiger partial charge in [-0.25, -0.2) is 8.78 Å². The van der Waals surface area contributed by atoms with Crippen molar-refractivity contribution in [1.82, 2.24) is 10.2 Å². The van der Waals surface area contributed by atoms with Crippen LogP contribution in [-0.4, -0.2) is 27.8 Å². The average molecular weight is 485 g/mol. The van der Waals surface area contributed by atoms with Crippen molar-refractivity contribution in [2.75, 3.05) is 16.4 Å². The third-order valence-corrected chi connectivity index (χ3v) is 5.77. The predicted molar refractivity (Wildman–Crippen MR) is 108 cm³/mol. The van der Waals surface area contributed by atoms with Crippen LogP contribution in [0.25, 0.3) is 0 Å². The Bertz CT molecular complexity index is 1010. The van der Waals surface area contributed by atoms with Gasteiger partial charge in [0.2, 0.25) is 11.0 Å². The van der Waals surface area contributed by atoms with Crippen LogP contribution in [0, 0.1) is 11.6 Å². The highest BCUT2D eigenvalue weighted by Crippen LogP contribution is 2.26. The minimum absolute atomic E-state index is 0.0495. The second kappa shape index (κ2) is 9.22. The molecule has 0 saturated carbocycles. The predicted octanol–water partition coefficient (Wildman–Crippen LogP) is 4.56. The molecule has 0 aliphatic heterocycles. The molecule has 0 aliphatic carbocycles. The second-order valence-corrected chi connectivity index (χ2v) is 8.41. The van der Waals surface area contributed by atoms with Gasteiger partial charge in [-0.3, -0.25) is 14.9 Å². The second-order valence-electron chi connectivity index (χ2n) is 5.30. The first-order valence-electron chi connectivity index (χ1n) is 7.69. The molecule has 3 rings (SSSR count). The molecule has 0 atom stereocenters. The molecule has 2 aromatic carbocycles. The number of aromatic nitrogens is 2. The number of benzene rings is 2. The van der Waals surface area contributed by atoms with Crippen LogP contribution in [0.5, 0.6) is 0 Å². The summed E-state index contributed by atoms with van der Waals surface area (Å²) in [5, 5.41) is 13.0. The van der Waals surface area contributed by atoms with Crippen molar-refractivity contribution in [1.29, 1.82) is 0 Å². The van der Waals surface area contributed by atoms with Gasteiger partial charge in [0.15, 0.2) is 4.34 Å². The van der Waals surface area contributed by atoms with Crippen LogP contribution in [0.15, 0.2) is 51.3 Å². The topological polar surface area (TPSA) is 84.0 Å². The summed E-state index contributed by atoms with van der Waals surface area (Å²) in [7, 11) is 0. The van der Waals surface area contributed by atoms with E-state index >= 15 is 0 Å². The zero-order valence-corrected chi connectivity index (χ0v) is 17.1. The highest BCUT2D eigenvalue weighted by atomic mass is 79.9. The van der Waals surface area contributed by atoms with E-state index in [4.69, 9.17) is 0 Å². The number of thioether (sulfide) groups is 1. The zero-order chi connectivity index (χ0) is 20.1. The molecule has 2 amide bonds. The number of carbonyl (C=O) groups is 2. The lowest BCUT2D eigenvalue weighted by molar-refractivity contribution is -0.113. The molecule has 0 saturated heterocycles. The van der Waals surface area contributed by atoms with E-state index in [1.54, 1.807) is 24.3 Å². The first kappa shape index (κ1) is 20.4. The Kier molecular flexibility index (Phi) is 6.70. The summed E-state index contributed by atoms with van der Waals surface area (Å²) in [5.74, 6) is -2.44. The molecule has 0 fully saturated rings. The average Bonchev–Trinajstić information content (AvgIpc) is 3.10. The van der Waals surface area contributed by atoms with Gasteiger partial charge < -0.3 is 5.32 Å². The van der Waals surface area contributed by atoms with Crippen LogP contribution in [0.3, 0.4) is 0 Å². The maximum Gasteiger partial charge on any atom is 0.257 e. The van der Waals surface area contributed by atoms with Crippen molar-refractivity contribution in [3.05, 3.63) is 64.1 Å². The molecule has 3 aromatic rings. The fourth-order valence-electron chi connectivity index (χ4n) is 1.99. The van der Waals surface area contributed by atoms with Gasteiger partial charge in [0.05, 0.1) is 11.4 Å². The van der Waals surface area contributed by atoms with Crippen LogP contribution >= 0.6 is 39.0 Å². The van der Waals surface area contributed by atoms with Crippen molar-refractivity contribution < 1.29 is 18.4 Å². The van der Waals surface area contributed by atoms with E-state index in [1.165, 1.54) is 0 Å². The lowest BCUT2D eigenvalue weighted by atomic mass is 10.2. The van der Waals surface area contributed by atoms with Crippen LogP contribution in [0.1, 0.15) is 10.4 Å². The van der Waals surface area contributed by atoms with Crippen molar-refractivity contribution in [3.8, 4) is 0 Å². The third-order valence-electron chi connectivity index (χ3n) is 3.27. The van der Waals surface area contributed by atoms with Gasteiger partial charge in [-0.05, 0) is 36.4 Å². The van der Waals surface area contributed by atoms with E-state index in [2.05, 4.69) is 36.8 Å². The molecule has 1 aromatic heterocycles. The monoisotopic (exact) mass is 484 g/mol. The van der Waals surface area contributed by atoms with Crippen molar-refractivity contribution in [3.63, 3.8) is 0 Å². The highest BCUT2D eigenvalue weighted by Gasteiger charge is 2.13. The van der Waals surface area contributed by atoms with Crippen molar-refractivity contribution in [2.24, 2.45) is 0 Å². The number of halogens is 3. The van der Waals surface area contributed by atoms with Crippen LogP contribution in [0.2, 0.25) is 0 Å². The van der Waals surface area contributed by atoms with Gasteiger partial charge in [-0.2, -0.15) is 0 Å². The van der Waals surface area contributed by atoms with Gasteiger partial charge in [-0.15, -0.1) is 10.2 Å². The maximum atomic E-state index is 13.5. The molecule has 0 radical (unpaired) electrons. The molecule has 11 heteroatoms. The van der Waals surface area contributed by atoms with Gasteiger partial charge in [-0.1, -0.05) is 39.0 Å². The Morgan fingerprint density at radius 1 is 1.07 bits per heavy atom. The number of carbonyl (C=O) groups excluding carboxylic acids is 2. The molecule has 0 aliphatic rings. The standard InChI is InChI=1S/C17H11BrF2N4O2S2/c18-10-3-1-9(2-4-10)15(26)22-16-23-24-17(28-16)27-8-14(25)21-13-6-5-11(19)7-12(13)20/h1-7H,8H2,(H,21,25)(H,22,23,26). The van der Waals surface area contributed by atoms with Crippen LogP contribution in [-0.2, 0) is 4.79 Å². The maximum absolute atomic E-state index is 13.5. The highest BCUT2D eigenvalue weighted by molar-refractivity contribution is 9.10. The minimum Gasteiger partial charge on any atom is -0.323 e. The number of nitrogens with one attached hydrogen (secondary N) is 2. The van der Waals surface area contributed by atoms with Crippen molar-refractivity contribution in [2.45, 2.75) is 4.34 Å². The van der Waals surface area contributed by atoms with Crippen LogP contribution in [0.4, 0.5) is 19.6 Å². The SMILES string of the molecule is O=C(CSc1nnc(NC(=O)c2ccc(Br)cc2)s1)Nc1ccc(F)cc1F. The summed E-state index contributed by atoms with van der Waals surface area (Å²) in [6.45, 7) is 0. The zero-order valence-electron chi connectivity index (χ0n) is 13.9. The molecule has 28 heavy (non-hydrogen) atoms. The number of hydrogen-bond donors (Lipinski definition) is 2. The van der Waals surface area contributed by atoms with E-state index in [-0.39, 0.29) is 17.3 Å². The quantitative estimate of drug-likeness (QED) is 0.395. The number of nitrogens with zero attached hydrogens (tertiary/aromatic N) is 2. The normalized spacial score (nSPS) is 10.5. The molecule has 144 valence electrons. The Balaban J connectivity index is 1.52. The fourth-order valence-corrected chi connectivity index (χ4v) is 3.80. The summed E-state index contributed by atoms with van der Waals surface area (Å²) >= 11 is 5.49. The number of anilines is 2. The number of hydrogen-bond acceptors (Lipinski definition) is 6. The molecule has 6 nitrogen and oxygen atoms in total.